The van der Waals surface area contributed by atoms with E-state index in [2.05, 4.69) is 15.5 Å². The Hall–Kier alpha value is -1.10. The molecule has 0 heterocycles. The van der Waals surface area contributed by atoms with E-state index < -0.39 is 18.4 Å². The molecule has 5 nitrogen and oxygen atoms in total. The molecule has 0 spiro atoms. The van der Waals surface area contributed by atoms with E-state index in [4.69, 9.17) is 0 Å². The lowest BCUT2D eigenvalue weighted by Crippen LogP contribution is -2.15. The Kier molecular flexibility index (Phi) is 3.38. The van der Waals surface area contributed by atoms with Crippen LogP contribution in [0.25, 0.3) is 0 Å². The van der Waals surface area contributed by atoms with Crippen molar-refractivity contribution in [2.24, 2.45) is 5.90 Å². The SMILES string of the molecule is COC(=O)CC(=O)ON. The van der Waals surface area contributed by atoms with Crippen molar-refractivity contribution in [1.29, 1.82) is 0 Å². The zero-order valence-electron chi connectivity index (χ0n) is 4.92. The number of carbonyl (C=O) groups is 2. The van der Waals surface area contributed by atoms with E-state index in [1.165, 1.54) is 7.11 Å². The predicted octanol–water partition coefficient (Wildman–Crippen LogP) is -1.03. The minimum Gasteiger partial charge on any atom is -0.469 e. The van der Waals surface area contributed by atoms with Crippen LogP contribution < -0.4 is 5.90 Å². The van der Waals surface area contributed by atoms with Crippen molar-refractivity contribution >= 4 is 11.9 Å². The van der Waals surface area contributed by atoms with E-state index in [1.54, 1.807) is 0 Å². The van der Waals surface area contributed by atoms with Gasteiger partial charge in [-0.2, -0.15) is 5.90 Å². The smallest absolute Gasteiger partial charge is 0.335 e. The van der Waals surface area contributed by atoms with Gasteiger partial charge in [0.25, 0.3) is 0 Å². The number of hydrogen-bond donors (Lipinski definition) is 1. The molecule has 0 unspecified atom stereocenters. The van der Waals surface area contributed by atoms with Gasteiger partial charge in [0, 0.05) is 0 Å². The van der Waals surface area contributed by atoms with Crippen molar-refractivity contribution < 1.29 is 19.2 Å². The van der Waals surface area contributed by atoms with Crippen molar-refractivity contribution in [3.8, 4) is 0 Å². The third-order valence-electron chi connectivity index (χ3n) is 0.648. The zero-order valence-corrected chi connectivity index (χ0v) is 4.92. The fourth-order valence-corrected chi connectivity index (χ4v) is 0.232. The molecule has 52 valence electrons. The molecule has 0 aliphatic heterocycles. The highest BCUT2D eigenvalue weighted by Crippen LogP contribution is 1.84. The molecule has 0 atom stereocenters. The second-order valence-electron chi connectivity index (χ2n) is 1.24. The first-order chi connectivity index (χ1) is 4.20. The Labute approximate surface area is 51.7 Å². The second kappa shape index (κ2) is 3.85. The maximum atomic E-state index is 10.2. The predicted molar refractivity (Wildman–Crippen MR) is 26.9 cm³/mol. The summed E-state index contributed by atoms with van der Waals surface area (Å²) in [5.41, 5.74) is 0. The molecule has 9 heavy (non-hydrogen) atoms. The maximum absolute atomic E-state index is 10.2. The Balaban J connectivity index is 3.47. The minimum atomic E-state index is -0.804. The van der Waals surface area contributed by atoms with E-state index in [0.717, 1.165) is 0 Å². The third kappa shape index (κ3) is 3.48. The van der Waals surface area contributed by atoms with Crippen molar-refractivity contribution in [2.45, 2.75) is 6.42 Å². The molecule has 0 saturated carbocycles. The van der Waals surface area contributed by atoms with Crippen LogP contribution in [-0.4, -0.2) is 19.0 Å². The summed E-state index contributed by atoms with van der Waals surface area (Å²) in [6.45, 7) is 0. The quantitative estimate of drug-likeness (QED) is 0.296. The van der Waals surface area contributed by atoms with Crippen molar-refractivity contribution in [3.05, 3.63) is 0 Å². The molecule has 0 rings (SSSR count). The highest BCUT2D eigenvalue weighted by Gasteiger charge is 2.08. The average molecular weight is 133 g/mol. The van der Waals surface area contributed by atoms with Gasteiger partial charge in [0.15, 0.2) is 0 Å². The third-order valence-corrected chi connectivity index (χ3v) is 0.648. The molecule has 0 aromatic heterocycles. The van der Waals surface area contributed by atoms with Gasteiger partial charge >= 0.3 is 11.9 Å². The molecular weight excluding hydrogens is 126 g/mol. The van der Waals surface area contributed by atoms with E-state index in [0.29, 0.717) is 0 Å². The lowest BCUT2D eigenvalue weighted by molar-refractivity contribution is -0.153. The summed E-state index contributed by atoms with van der Waals surface area (Å²) in [6, 6.07) is 0. The molecule has 5 heteroatoms. The summed E-state index contributed by atoms with van der Waals surface area (Å²) in [7, 11) is 1.17. The van der Waals surface area contributed by atoms with Gasteiger partial charge in [-0.25, -0.2) is 4.79 Å². The molecule has 0 aliphatic carbocycles. The van der Waals surface area contributed by atoms with Crippen LogP contribution in [0.4, 0.5) is 0 Å². The number of carbonyl (C=O) groups excluding carboxylic acids is 2. The number of esters is 1. The summed E-state index contributed by atoms with van der Waals surface area (Å²) < 4.78 is 4.13. The largest absolute Gasteiger partial charge is 0.469 e. The van der Waals surface area contributed by atoms with Gasteiger partial charge in [-0.15, -0.1) is 0 Å². The van der Waals surface area contributed by atoms with Crippen molar-refractivity contribution in [1.82, 2.24) is 0 Å². The standard InChI is InChI=1S/C4H7NO4/c1-8-3(6)2-4(7)9-5/h2,5H2,1H3. The fraction of sp³-hybridized carbons (Fsp3) is 0.500. The van der Waals surface area contributed by atoms with Crippen LogP contribution in [0.2, 0.25) is 0 Å². The Bertz CT molecular complexity index is 108. The number of hydrogen-bond acceptors (Lipinski definition) is 5. The number of rotatable bonds is 2. The molecule has 0 aromatic rings. The number of nitrogens with two attached hydrogens (primary N) is 1. The van der Waals surface area contributed by atoms with Crippen molar-refractivity contribution in [2.75, 3.05) is 7.11 Å². The molecule has 0 saturated heterocycles. The lowest BCUT2D eigenvalue weighted by Gasteiger charge is -1.94. The topological polar surface area (TPSA) is 78.6 Å². The van der Waals surface area contributed by atoms with Gasteiger partial charge in [0.2, 0.25) is 0 Å². The van der Waals surface area contributed by atoms with Crippen LogP contribution in [0.1, 0.15) is 6.42 Å². The highest BCUT2D eigenvalue weighted by molar-refractivity contribution is 5.90. The van der Waals surface area contributed by atoms with Gasteiger partial charge in [0.1, 0.15) is 6.42 Å². The normalized spacial score (nSPS) is 8.22. The monoisotopic (exact) mass is 133 g/mol. The molecule has 0 bridgehead atoms. The summed E-state index contributed by atoms with van der Waals surface area (Å²) in [6.07, 6.45) is -0.438. The van der Waals surface area contributed by atoms with Crippen LogP contribution in [0.5, 0.6) is 0 Å². The van der Waals surface area contributed by atoms with Crippen LogP contribution in [0.15, 0.2) is 0 Å². The molecule has 0 aliphatic rings. The van der Waals surface area contributed by atoms with Crippen LogP contribution >= 0.6 is 0 Å². The molecule has 0 fully saturated rings. The molecule has 0 aromatic carbocycles. The zero-order chi connectivity index (χ0) is 7.28. The highest BCUT2D eigenvalue weighted by atomic mass is 16.7. The molecule has 2 N–H and O–H groups in total. The van der Waals surface area contributed by atoms with E-state index in [9.17, 15) is 9.59 Å². The molecule has 0 radical (unpaired) electrons. The van der Waals surface area contributed by atoms with Gasteiger partial charge in [-0.05, 0) is 0 Å². The van der Waals surface area contributed by atoms with Gasteiger partial charge in [-0.1, -0.05) is 0 Å². The first-order valence-electron chi connectivity index (χ1n) is 2.17. The average Bonchev–Trinajstić information content (AvgIpc) is 1.87. The number of methoxy groups -OCH3 is 1. The Morgan fingerprint density at radius 1 is 1.44 bits per heavy atom. The summed E-state index contributed by atoms with van der Waals surface area (Å²) in [4.78, 5) is 24.0. The van der Waals surface area contributed by atoms with E-state index in [-0.39, 0.29) is 0 Å². The van der Waals surface area contributed by atoms with Crippen LogP contribution in [0, 0.1) is 0 Å². The van der Waals surface area contributed by atoms with E-state index in [1.807, 2.05) is 0 Å². The fourth-order valence-electron chi connectivity index (χ4n) is 0.232. The number of ether oxygens (including phenoxy) is 1. The Morgan fingerprint density at radius 2 is 2.00 bits per heavy atom. The first-order valence-corrected chi connectivity index (χ1v) is 2.17. The summed E-state index contributed by atoms with van der Waals surface area (Å²) in [5.74, 6) is 2.95. The molecular formula is C4H7NO4. The summed E-state index contributed by atoms with van der Waals surface area (Å²) in [5, 5.41) is 0. The lowest BCUT2D eigenvalue weighted by atomic mass is 10.4. The van der Waals surface area contributed by atoms with Crippen LogP contribution in [-0.2, 0) is 19.2 Å². The van der Waals surface area contributed by atoms with Gasteiger partial charge < -0.3 is 9.57 Å². The second-order valence-corrected chi connectivity index (χ2v) is 1.24. The first kappa shape index (κ1) is 7.90. The van der Waals surface area contributed by atoms with Crippen molar-refractivity contribution in [3.63, 3.8) is 0 Å². The molecule has 0 amide bonds. The minimum absolute atomic E-state index is 0.438. The summed E-state index contributed by atoms with van der Waals surface area (Å²) >= 11 is 0. The van der Waals surface area contributed by atoms with Crippen LogP contribution in [0.3, 0.4) is 0 Å². The maximum Gasteiger partial charge on any atom is 0.335 e. The van der Waals surface area contributed by atoms with E-state index >= 15 is 0 Å². The van der Waals surface area contributed by atoms with Gasteiger partial charge in [0.05, 0.1) is 7.11 Å². The van der Waals surface area contributed by atoms with Gasteiger partial charge in [-0.3, -0.25) is 4.79 Å². The Morgan fingerprint density at radius 3 is 2.33 bits per heavy atom.